The molecule has 4 rings (SSSR count). The van der Waals surface area contributed by atoms with Crippen LogP contribution in [0.5, 0.6) is 0 Å². The zero-order valence-corrected chi connectivity index (χ0v) is 18.6. The van der Waals surface area contributed by atoms with Gasteiger partial charge in [-0.1, -0.05) is 17.7 Å². The lowest BCUT2D eigenvalue weighted by Gasteiger charge is -2.22. The van der Waals surface area contributed by atoms with E-state index in [0.717, 1.165) is 60.5 Å². The molecule has 0 amide bonds. The van der Waals surface area contributed by atoms with Crippen molar-refractivity contribution in [1.82, 2.24) is 19.4 Å². The molecule has 0 aliphatic carbocycles. The van der Waals surface area contributed by atoms with Gasteiger partial charge in [0.25, 0.3) is 5.56 Å². The van der Waals surface area contributed by atoms with Crippen LogP contribution in [0.1, 0.15) is 16.9 Å². The molecule has 3 heterocycles. The topological polar surface area (TPSA) is 53.4 Å². The molecule has 1 aromatic carbocycles. The lowest BCUT2D eigenvalue weighted by atomic mass is 10.1. The van der Waals surface area contributed by atoms with Gasteiger partial charge in [0.1, 0.15) is 4.83 Å². The van der Waals surface area contributed by atoms with Crippen LogP contribution < -0.4 is 10.9 Å². The lowest BCUT2D eigenvalue weighted by molar-refractivity contribution is 0.318. The Kier molecular flexibility index (Phi) is 5.92. The predicted molar refractivity (Wildman–Crippen MR) is 122 cm³/mol. The van der Waals surface area contributed by atoms with Gasteiger partial charge in [-0.2, -0.15) is 0 Å². The highest BCUT2D eigenvalue weighted by molar-refractivity contribution is 7.18. The number of benzene rings is 1. The van der Waals surface area contributed by atoms with Crippen LogP contribution in [0.25, 0.3) is 15.9 Å². The third-order valence-electron chi connectivity index (χ3n) is 5.20. The smallest absolute Gasteiger partial charge is 0.268 e. The number of halogens is 1. The van der Waals surface area contributed by atoms with Crippen molar-refractivity contribution in [1.29, 1.82) is 0 Å². The minimum atomic E-state index is -0.0190. The molecule has 1 aliphatic rings. The summed E-state index contributed by atoms with van der Waals surface area (Å²) in [6, 6.07) is 7.39. The number of hydrogen-bond donors (Lipinski definition) is 1. The summed E-state index contributed by atoms with van der Waals surface area (Å²) in [5.74, 6) is 0.579. The molecule has 0 saturated heterocycles. The van der Waals surface area contributed by atoms with Gasteiger partial charge < -0.3 is 15.1 Å². The SMILES string of the molecule is CN(C)CCCNc1nc2sc3c(c2c(=O)n1-c1cccc(Cl)c1)CCN(C)C3. The van der Waals surface area contributed by atoms with Gasteiger partial charge in [0.15, 0.2) is 0 Å². The molecule has 6 nitrogen and oxygen atoms in total. The zero-order valence-electron chi connectivity index (χ0n) is 17.0. The Morgan fingerprint density at radius 2 is 2.17 bits per heavy atom. The molecule has 0 saturated carbocycles. The Morgan fingerprint density at radius 3 is 2.93 bits per heavy atom. The molecule has 0 fully saturated rings. The van der Waals surface area contributed by atoms with Crippen molar-refractivity contribution < 1.29 is 0 Å². The summed E-state index contributed by atoms with van der Waals surface area (Å²) in [5.41, 5.74) is 1.88. The number of nitrogens with zero attached hydrogens (tertiary/aromatic N) is 4. The van der Waals surface area contributed by atoms with E-state index in [4.69, 9.17) is 16.6 Å². The molecule has 1 aliphatic heterocycles. The van der Waals surface area contributed by atoms with Gasteiger partial charge in [0.2, 0.25) is 5.95 Å². The van der Waals surface area contributed by atoms with E-state index >= 15 is 0 Å². The van der Waals surface area contributed by atoms with Gasteiger partial charge >= 0.3 is 0 Å². The Morgan fingerprint density at radius 1 is 1.34 bits per heavy atom. The molecular formula is C21H26ClN5OS. The molecule has 0 bridgehead atoms. The van der Waals surface area contributed by atoms with Crippen LogP contribution in [0.4, 0.5) is 5.95 Å². The fourth-order valence-corrected chi connectivity index (χ4v) is 5.21. The first-order valence-corrected chi connectivity index (χ1v) is 11.0. The Hall–Kier alpha value is -1.93. The minimum Gasteiger partial charge on any atom is -0.355 e. The van der Waals surface area contributed by atoms with Crippen molar-refractivity contribution in [3.05, 3.63) is 50.1 Å². The number of rotatable bonds is 6. The predicted octanol–water partition coefficient (Wildman–Crippen LogP) is 3.45. The molecule has 154 valence electrons. The number of nitrogens with one attached hydrogen (secondary N) is 1. The van der Waals surface area contributed by atoms with Crippen LogP contribution in [-0.2, 0) is 13.0 Å². The maximum absolute atomic E-state index is 13.6. The maximum Gasteiger partial charge on any atom is 0.268 e. The van der Waals surface area contributed by atoms with E-state index in [-0.39, 0.29) is 5.56 Å². The monoisotopic (exact) mass is 431 g/mol. The number of anilines is 1. The highest BCUT2D eigenvalue weighted by atomic mass is 35.5. The molecule has 0 atom stereocenters. The standard InChI is InChI=1S/C21H26ClN5OS/c1-25(2)10-5-9-23-21-24-19-18(16-8-11-26(3)13-17(16)29-19)20(28)27(21)15-7-4-6-14(22)12-15/h4,6-7,12H,5,8-11,13H2,1-3H3,(H,23,24). The largest absolute Gasteiger partial charge is 0.355 e. The van der Waals surface area contributed by atoms with E-state index < -0.39 is 0 Å². The number of aromatic nitrogens is 2. The number of likely N-dealkylation sites (N-methyl/N-ethyl adjacent to an activating group) is 1. The second-order valence-electron chi connectivity index (χ2n) is 7.81. The zero-order chi connectivity index (χ0) is 20.5. The van der Waals surface area contributed by atoms with E-state index in [2.05, 4.69) is 36.3 Å². The average molecular weight is 432 g/mol. The number of hydrogen-bond acceptors (Lipinski definition) is 6. The van der Waals surface area contributed by atoms with Gasteiger partial charge in [-0.25, -0.2) is 9.55 Å². The summed E-state index contributed by atoms with van der Waals surface area (Å²) in [7, 11) is 6.22. The van der Waals surface area contributed by atoms with Crippen LogP contribution >= 0.6 is 22.9 Å². The van der Waals surface area contributed by atoms with Crippen molar-refractivity contribution in [2.75, 3.05) is 46.1 Å². The second kappa shape index (κ2) is 8.44. The van der Waals surface area contributed by atoms with Gasteiger partial charge in [0.05, 0.1) is 11.1 Å². The quantitative estimate of drug-likeness (QED) is 0.606. The molecule has 29 heavy (non-hydrogen) atoms. The minimum absolute atomic E-state index is 0.0190. The first kappa shape index (κ1) is 20.3. The lowest BCUT2D eigenvalue weighted by Crippen LogP contribution is -2.28. The van der Waals surface area contributed by atoms with E-state index in [0.29, 0.717) is 11.0 Å². The van der Waals surface area contributed by atoms with E-state index in [1.165, 1.54) is 4.88 Å². The third-order valence-corrected chi connectivity index (χ3v) is 6.54. The van der Waals surface area contributed by atoms with E-state index in [1.807, 2.05) is 24.3 Å². The summed E-state index contributed by atoms with van der Waals surface area (Å²) < 4.78 is 1.68. The van der Waals surface area contributed by atoms with Crippen LogP contribution in [0.15, 0.2) is 29.1 Å². The summed E-state index contributed by atoms with van der Waals surface area (Å²) in [6.45, 7) is 3.54. The number of thiophene rings is 1. The summed E-state index contributed by atoms with van der Waals surface area (Å²) in [5, 5.41) is 4.75. The van der Waals surface area contributed by atoms with Crippen molar-refractivity contribution >= 4 is 39.1 Å². The van der Waals surface area contributed by atoms with Crippen molar-refractivity contribution in [2.24, 2.45) is 0 Å². The van der Waals surface area contributed by atoms with Gasteiger partial charge in [-0.3, -0.25) is 4.79 Å². The highest BCUT2D eigenvalue weighted by Gasteiger charge is 2.24. The van der Waals surface area contributed by atoms with Crippen molar-refractivity contribution in [3.8, 4) is 5.69 Å². The molecule has 3 aromatic rings. The van der Waals surface area contributed by atoms with Crippen LogP contribution in [-0.4, -0.2) is 60.1 Å². The highest BCUT2D eigenvalue weighted by Crippen LogP contribution is 2.33. The summed E-state index contributed by atoms with van der Waals surface area (Å²) >= 11 is 7.87. The summed E-state index contributed by atoms with van der Waals surface area (Å²) in [6.07, 6.45) is 1.84. The fraction of sp³-hybridized carbons (Fsp3) is 0.429. The van der Waals surface area contributed by atoms with Crippen LogP contribution in [0.3, 0.4) is 0 Å². The molecule has 1 N–H and O–H groups in total. The normalized spacial score (nSPS) is 14.5. The molecule has 0 spiro atoms. The summed E-state index contributed by atoms with van der Waals surface area (Å²) in [4.78, 5) is 25.0. The molecular weight excluding hydrogens is 406 g/mol. The maximum atomic E-state index is 13.6. The Labute approximate surface area is 179 Å². The molecule has 8 heteroatoms. The third kappa shape index (κ3) is 4.19. The Bertz CT molecular complexity index is 1090. The molecule has 0 unspecified atom stereocenters. The first-order valence-electron chi connectivity index (χ1n) is 9.84. The fourth-order valence-electron chi connectivity index (χ4n) is 3.74. The molecule has 2 aromatic heterocycles. The number of fused-ring (bicyclic) bond motifs is 3. The molecule has 0 radical (unpaired) electrons. The van der Waals surface area contributed by atoms with E-state index in [9.17, 15) is 4.79 Å². The second-order valence-corrected chi connectivity index (χ2v) is 9.33. The van der Waals surface area contributed by atoms with Gasteiger partial charge in [-0.05, 0) is 64.3 Å². The average Bonchev–Trinajstić information content (AvgIpc) is 3.02. The van der Waals surface area contributed by atoms with Crippen LogP contribution in [0.2, 0.25) is 5.02 Å². The van der Waals surface area contributed by atoms with Crippen molar-refractivity contribution in [2.45, 2.75) is 19.4 Å². The van der Waals surface area contributed by atoms with Gasteiger partial charge in [0, 0.05) is 29.5 Å². The van der Waals surface area contributed by atoms with Crippen LogP contribution in [0, 0.1) is 0 Å². The van der Waals surface area contributed by atoms with Crippen molar-refractivity contribution in [3.63, 3.8) is 0 Å². The first-order chi connectivity index (χ1) is 13.9. The van der Waals surface area contributed by atoms with E-state index in [1.54, 1.807) is 15.9 Å². The van der Waals surface area contributed by atoms with Gasteiger partial charge in [-0.15, -0.1) is 11.3 Å². The Balaban J connectivity index is 1.83.